The van der Waals surface area contributed by atoms with Crippen LogP contribution in [0.5, 0.6) is 0 Å². The van der Waals surface area contributed by atoms with Crippen LogP contribution in [0, 0.1) is 13.8 Å². The van der Waals surface area contributed by atoms with E-state index in [-0.39, 0.29) is 6.42 Å². The second kappa shape index (κ2) is 7.74. The third-order valence-corrected chi connectivity index (χ3v) is 4.96. The molecule has 27 heavy (non-hydrogen) atoms. The quantitative estimate of drug-likeness (QED) is 0.695. The molecule has 0 aliphatic carbocycles. The van der Waals surface area contributed by atoms with Gasteiger partial charge in [0.05, 0.1) is 5.69 Å². The van der Waals surface area contributed by atoms with Crippen LogP contribution in [0.3, 0.4) is 0 Å². The first-order valence-corrected chi connectivity index (χ1v) is 8.75. The maximum atomic E-state index is 13.7. The molecule has 7 heteroatoms. The van der Waals surface area contributed by atoms with Crippen molar-refractivity contribution in [3.63, 3.8) is 0 Å². The molecule has 0 spiro atoms. The first-order valence-electron chi connectivity index (χ1n) is 8.75. The normalized spacial score (nSPS) is 13.5. The first-order chi connectivity index (χ1) is 12.4. The molecule has 0 amide bonds. The lowest BCUT2D eigenvalue weighted by molar-refractivity contribution is -0.236. The summed E-state index contributed by atoms with van der Waals surface area (Å²) in [5.41, 5.74) is 1.56. The summed E-state index contributed by atoms with van der Waals surface area (Å²) in [6.45, 7) is 6.54. The molecule has 1 atom stereocenters. The number of rotatable bonds is 6. The highest BCUT2D eigenvalue weighted by Gasteiger charge is 2.52. The SMILES string of the molecule is Cc1nn(C)c(C)c1CCC(=O)O[C@@H](C(F)(F)F)C(C)(C)c1ccccc1. The molecule has 0 fully saturated rings. The van der Waals surface area contributed by atoms with Crippen LogP contribution in [-0.4, -0.2) is 28.0 Å². The van der Waals surface area contributed by atoms with E-state index in [1.165, 1.54) is 13.8 Å². The minimum atomic E-state index is -4.67. The van der Waals surface area contributed by atoms with Crippen LogP contribution in [0.2, 0.25) is 0 Å². The molecule has 148 valence electrons. The molecule has 0 radical (unpaired) electrons. The minimum Gasteiger partial charge on any atom is -0.452 e. The van der Waals surface area contributed by atoms with Crippen LogP contribution in [0.4, 0.5) is 13.2 Å². The summed E-state index contributed by atoms with van der Waals surface area (Å²) in [5, 5.41) is 4.25. The Morgan fingerprint density at radius 3 is 2.26 bits per heavy atom. The lowest BCUT2D eigenvalue weighted by atomic mass is 9.79. The van der Waals surface area contributed by atoms with E-state index < -0.39 is 23.7 Å². The van der Waals surface area contributed by atoms with Gasteiger partial charge in [-0.3, -0.25) is 9.48 Å². The molecule has 0 N–H and O–H groups in total. The smallest absolute Gasteiger partial charge is 0.426 e. The third kappa shape index (κ3) is 4.70. The number of hydrogen-bond donors (Lipinski definition) is 0. The summed E-state index contributed by atoms with van der Waals surface area (Å²) in [6, 6.07) is 8.28. The van der Waals surface area contributed by atoms with Crippen molar-refractivity contribution in [2.45, 2.75) is 58.2 Å². The van der Waals surface area contributed by atoms with Gasteiger partial charge < -0.3 is 4.74 Å². The fourth-order valence-electron chi connectivity index (χ4n) is 3.24. The highest BCUT2D eigenvalue weighted by Crippen LogP contribution is 2.39. The van der Waals surface area contributed by atoms with E-state index in [2.05, 4.69) is 5.10 Å². The van der Waals surface area contributed by atoms with Crippen LogP contribution in [0.25, 0.3) is 0 Å². The molecule has 0 saturated carbocycles. The van der Waals surface area contributed by atoms with E-state index in [1.807, 2.05) is 13.8 Å². The maximum absolute atomic E-state index is 13.7. The largest absolute Gasteiger partial charge is 0.452 e. The van der Waals surface area contributed by atoms with Gasteiger partial charge in [-0.25, -0.2) is 0 Å². The van der Waals surface area contributed by atoms with Crippen molar-refractivity contribution in [3.05, 3.63) is 52.8 Å². The molecule has 0 saturated heterocycles. The molecule has 0 aliphatic heterocycles. The van der Waals surface area contributed by atoms with Crippen LogP contribution >= 0.6 is 0 Å². The molecule has 2 aromatic rings. The van der Waals surface area contributed by atoms with Crippen molar-refractivity contribution in [2.24, 2.45) is 7.05 Å². The minimum absolute atomic E-state index is 0.134. The van der Waals surface area contributed by atoms with Gasteiger partial charge in [0.15, 0.2) is 0 Å². The molecular weight excluding hydrogens is 357 g/mol. The Morgan fingerprint density at radius 2 is 1.78 bits per heavy atom. The molecular formula is C20H25F3N2O2. The molecule has 4 nitrogen and oxygen atoms in total. The van der Waals surface area contributed by atoms with E-state index in [0.29, 0.717) is 12.0 Å². The van der Waals surface area contributed by atoms with Crippen LogP contribution in [-0.2, 0) is 28.4 Å². The Morgan fingerprint density at radius 1 is 1.19 bits per heavy atom. The number of esters is 1. The van der Waals surface area contributed by atoms with E-state index in [4.69, 9.17) is 4.74 Å². The van der Waals surface area contributed by atoms with Crippen molar-refractivity contribution in [1.29, 1.82) is 0 Å². The number of ether oxygens (including phenoxy) is 1. The van der Waals surface area contributed by atoms with Gasteiger partial charge in [0.1, 0.15) is 0 Å². The summed E-state index contributed by atoms with van der Waals surface area (Å²) in [6.07, 6.45) is -6.74. The van der Waals surface area contributed by atoms with E-state index >= 15 is 0 Å². The molecule has 1 heterocycles. The van der Waals surface area contributed by atoms with Crippen molar-refractivity contribution in [3.8, 4) is 0 Å². The Kier molecular flexibility index (Phi) is 6.02. The number of aryl methyl sites for hydroxylation is 2. The number of benzene rings is 1. The fourth-order valence-corrected chi connectivity index (χ4v) is 3.24. The third-order valence-electron chi connectivity index (χ3n) is 4.96. The topological polar surface area (TPSA) is 44.1 Å². The average molecular weight is 382 g/mol. The number of alkyl halides is 3. The van der Waals surface area contributed by atoms with Gasteiger partial charge in [-0.1, -0.05) is 44.2 Å². The van der Waals surface area contributed by atoms with Crippen molar-refractivity contribution in [1.82, 2.24) is 9.78 Å². The van der Waals surface area contributed by atoms with Gasteiger partial charge >= 0.3 is 12.1 Å². The summed E-state index contributed by atoms with van der Waals surface area (Å²) >= 11 is 0. The summed E-state index contributed by atoms with van der Waals surface area (Å²) in [5.74, 6) is -0.871. The second-order valence-electron chi connectivity index (χ2n) is 7.27. The summed E-state index contributed by atoms with van der Waals surface area (Å²) in [7, 11) is 1.78. The van der Waals surface area contributed by atoms with Crippen molar-refractivity contribution in [2.75, 3.05) is 0 Å². The zero-order valence-corrected chi connectivity index (χ0v) is 16.2. The van der Waals surface area contributed by atoms with Crippen molar-refractivity contribution < 1.29 is 22.7 Å². The Bertz CT molecular complexity index is 796. The first kappa shape index (κ1) is 21.0. The van der Waals surface area contributed by atoms with Gasteiger partial charge in [0.2, 0.25) is 6.10 Å². The van der Waals surface area contributed by atoms with E-state index in [0.717, 1.165) is 17.0 Å². The number of nitrogens with zero attached hydrogens (tertiary/aromatic N) is 2. The molecule has 0 aliphatic rings. The molecule has 1 aromatic carbocycles. The maximum Gasteiger partial charge on any atom is 0.426 e. The van der Waals surface area contributed by atoms with Gasteiger partial charge in [0, 0.05) is 24.6 Å². The molecule has 1 aromatic heterocycles. The Labute approximate surface area is 157 Å². The predicted octanol–water partition coefficient (Wildman–Crippen LogP) is 4.42. The fraction of sp³-hybridized carbons (Fsp3) is 0.500. The monoisotopic (exact) mass is 382 g/mol. The highest BCUT2D eigenvalue weighted by atomic mass is 19.4. The van der Waals surface area contributed by atoms with Gasteiger partial charge in [-0.15, -0.1) is 0 Å². The lowest BCUT2D eigenvalue weighted by Crippen LogP contribution is -2.47. The Hall–Kier alpha value is -2.31. The van der Waals surface area contributed by atoms with E-state index in [1.54, 1.807) is 42.1 Å². The number of aromatic nitrogens is 2. The second-order valence-corrected chi connectivity index (χ2v) is 7.27. The van der Waals surface area contributed by atoms with E-state index in [9.17, 15) is 18.0 Å². The van der Waals surface area contributed by atoms with Gasteiger partial charge in [0.25, 0.3) is 0 Å². The number of halogens is 3. The van der Waals surface area contributed by atoms with Gasteiger partial charge in [-0.05, 0) is 31.4 Å². The molecule has 2 rings (SSSR count). The van der Waals surface area contributed by atoms with Crippen LogP contribution in [0.15, 0.2) is 30.3 Å². The standard InChI is InChI=1S/C20H25F3N2O2/c1-13-16(14(2)25(5)24-13)11-12-17(26)27-18(20(21,22)23)19(3,4)15-9-7-6-8-10-15/h6-10,18H,11-12H2,1-5H3/t18-/m1/s1. The number of carbonyl (C=O) groups excluding carboxylic acids is 1. The zero-order chi connectivity index (χ0) is 20.4. The van der Waals surface area contributed by atoms with Crippen LogP contribution < -0.4 is 0 Å². The average Bonchev–Trinajstić information content (AvgIpc) is 2.82. The summed E-state index contributed by atoms with van der Waals surface area (Å²) in [4.78, 5) is 12.2. The zero-order valence-electron chi connectivity index (χ0n) is 16.2. The molecule has 0 bridgehead atoms. The van der Waals surface area contributed by atoms with Gasteiger partial charge in [-0.2, -0.15) is 18.3 Å². The predicted molar refractivity (Wildman–Crippen MR) is 96.4 cm³/mol. The number of carbonyl (C=O) groups is 1. The molecule has 0 unspecified atom stereocenters. The van der Waals surface area contributed by atoms with Crippen molar-refractivity contribution >= 4 is 5.97 Å². The highest BCUT2D eigenvalue weighted by molar-refractivity contribution is 5.70. The lowest BCUT2D eigenvalue weighted by Gasteiger charge is -2.35. The van der Waals surface area contributed by atoms with Crippen LogP contribution in [0.1, 0.15) is 42.8 Å². The Balaban J connectivity index is 2.15. The number of hydrogen-bond acceptors (Lipinski definition) is 3. The summed E-state index contributed by atoms with van der Waals surface area (Å²) < 4.78 is 47.6.